The lowest BCUT2D eigenvalue weighted by molar-refractivity contribution is -0.383. The Morgan fingerprint density at radius 1 is 1.35 bits per heavy atom. The molecule has 2 aromatic rings. The predicted molar refractivity (Wildman–Crippen MR) is 77.6 cm³/mol. The summed E-state index contributed by atoms with van der Waals surface area (Å²) in [5.74, 6) is 0. The van der Waals surface area contributed by atoms with Crippen LogP contribution < -0.4 is 0 Å². The molecule has 106 valence electrons. The first-order valence-electron chi connectivity index (χ1n) is 6.50. The van der Waals surface area contributed by atoms with E-state index in [1.54, 1.807) is 30.5 Å². The summed E-state index contributed by atoms with van der Waals surface area (Å²) in [4.78, 5) is 15.1. The Labute approximate surface area is 117 Å². The number of benzene rings is 1. The third-order valence-electron chi connectivity index (χ3n) is 3.44. The van der Waals surface area contributed by atoms with Crippen molar-refractivity contribution in [3.63, 3.8) is 0 Å². The number of nitrogens with zero attached hydrogens (tertiary/aromatic N) is 2. The maximum atomic E-state index is 11.4. The quantitative estimate of drug-likeness (QED) is 0.689. The molecule has 1 N–H and O–H groups in total. The molecule has 0 fully saturated rings. The fourth-order valence-corrected chi connectivity index (χ4v) is 2.08. The topological polar surface area (TPSA) is 76.3 Å². The largest absolute Gasteiger partial charge is 0.392 e. The molecule has 1 aromatic carbocycles. The molecule has 0 aliphatic rings. The number of nitro benzene ring substituents is 1. The van der Waals surface area contributed by atoms with Crippen LogP contribution in [0.2, 0.25) is 0 Å². The number of hydrogen-bond acceptors (Lipinski definition) is 4. The van der Waals surface area contributed by atoms with E-state index in [1.807, 2.05) is 20.8 Å². The number of rotatable bonds is 3. The van der Waals surface area contributed by atoms with E-state index in [4.69, 9.17) is 0 Å². The number of aromatic nitrogens is 1. The Balaban J connectivity index is 2.54. The third kappa shape index (κ3) is 2.77. The maximum Gasteiger partial charge on any atom is 0.282 e. The molecule has 5 heteroatoms. The third-order valence-corrected chi connectivity index (χ3v) is 3.44. The summed E-state index contributed by atoms with van der Waals surface area (Å²) in [5, 5.41) is 22.1. The Morgan fingerprint density at radius 2 is 2.05 bits per heavy atom. The molecule has 0 bridgehead atoms. The number of aliphatic hydroxyl groups excluding tert-OH is 1. The van der Waals surface area contributed by atoms with Gasteiger partial charge in [0, 0.05) is 18.2 Å². The van der Waals surface area contributed by atoms with Gasteiger partial charge in [0.25, 0.3) is 5.69 Å². The SMILES string of the molecule is CC(C)(C)C(O)Cc1ccc2ncccc2c1[N+](=O)[O-]. The molecule has 0 aliphatic carbocycles. The highest BCUT2D eigenvalue weighted by atomic mass is 16.6. The van der Waals surface area contributed by atoms with E-state index in [0.29, 0.717) is 16.5 Å². The van der Waals surface area contributed by atoms with Gasteiger partial charge in [0.2, 0.25) is 0 Å². The number of aliphatic hydroxyl groups is 1. The van der Waals surface area contributed by atoms with E-state index in [2.05, 4.69) is 4.98 Å². The maximum absolute atomic E-state index is 11.4. The number of hydrogen-bond donors (Lipinski definition) is 1. The molecule has 1 heterocycles. The first-order chi connectivity index (χ1) is 9.30. The van der Waals surface area contributed by atoms with Gasteiger partial charge in [-0.2, -0.15) is 0 Å². The van der Waals surface area contributed by atoms with Crippen LogP contribution in [0, 0.1) is 15.5 Å². The normalized spacial score (nSPS) is 13.4. The summed E-state index contributed by atoms with van der Waals surface area (Å²) < 4.78 is 0. The van der Waals surface area contributed by atoms with Gasteiger partial charge >= 0.3 is 0 Å². The molecule has 0 saturated heterocycles. The summed E-state index contributed by atoms with van der Waals surface area (Å²) in [5.41, 5.74) is 0.850. The van der Waals surface area contributed by atoms with Gasteiger partial charge in [-0.1, -0.05) is 20.8 Å². The van der Waals surface area contributed by atoms with Gasteiger partial charge in [-0.3, -0.25) is 15.1 Å². The van der Waals surface area contributed by atoms with E-state index < -0.39 is 11.0 Å². The number of fused-ring (bicyclic) bond motifs is 1. The van der Waals surface area contributed by atoms with Gasteiger partial charge in [-0.15, -0.1) is 0 Å². The van der Waals surface area contributed by atoms with Gasteiger partial charge in [-0.05, 0) is 29.7 Å². The van der Waals surface area contributed by atoms with Crippen LogP contribution in [0.4, 0.5) is 5.69 Å². The highest BCUT2D eigenvalue weighted by Gasteiger charge is 2.27. The second-order valence-electron chi connectivity index (χ2n) is 5.99. The average Bonchev–Trinajstić information content (AvgIpc) is 2.36. The van der Waals surface area contributed by atoms with Crippen LogP contribution >= 0.6 is 0 Å². The first-order valence-corrected chi connectivity index (χ1v) is 6.50. The zero-order chi connectivity index (χ0) is 14.9. The van der Waals surface area contributed by atoms with Crippen molar-refractivity contribution >= 4 is 16.6 Å². The van der Waals surface area contributed by atoms with Gasteiger partial charge in [-0.25, -0.2) is 0 Å². The van der Waals surface area contributed by atoms with Crippen molar-refractivity contribution in [2.24, 2.45) is 5.41 Å². The Morgan fingerprint density at radius 3 is 2.65 bits per heavy atom. The van der Waals surface area contributed by atoms with E-state index in [0.717, 1.165) is 0 Å². The van der Waals surface area contributed by atoms with E-state index in [1.165, 1.54) is 0 Å². The second kappa shape index (κ2) is 5.17. The van der Waals surface area contributed by atoms with Crippen molar-refractivity contribution < 1.29 is 10.0 Å². The fourth-order valence-electron chi connectivity index (χ4n) is 2.08. The second-order valence-corrected chi connectivity index (χ2v) is 5.99. The predicted octanol–water partition coefficient (Wildman–Crippen LogP) is 3.09. The van der Waals surface area contributed by atoms with E-state index >= 15 is 0 Å². The molecule has 0 amide bonds. The highest BCUT2D eigenvalue weighted by Crippen LogP contribution is 2.31. The summed E-state index contributed by atoms with van der Waals surface area (Å²) in [6.07, 6.45) is 1.22. The highest BCUT2D eigenvalue weighted by molar-refractivity contribution is 5.89. The van der Waals surface area contributed by atoms with Crippen LogP contribution in [-0.2, 0) is 6.42 Å². The molecule has 1 atom stereocenters. The van der Waals surface area contributed by atoms with Crippen LogP contribution in [0.1, 0.15) is 26.3 Å². The summed E-state index contributed by atoms with van der Waals surface area (Å²) >= 11 is 0. The molecule has 2 rings (SSSR count). The van der Waals surface area contributed by atoms with Crippen molar-refractivity contribution in [2.45, 2.75) is 33.3 Å². The standard InChI is InChI=1S/C15H18N2O3/c1-15(2,3)13(18)9-10-6-7-12-11(5-4-8-16-12)14(10)17(19)20/h4-8,13,18H,9H2,1-3H3. The molecule has 0 radical (unpaired) electrons. The zero-order valence-electron chi connectivity index (χ0n) is 11.8. The van der Waals surface area contributed by atoms with Crippen LogP contribution in [-0.4, -0.2) is 21.1 Å². The summed E-state index contributed by atoms with van der Waals surface area (Å²) in [6.45, 7) is 5.73. The van der Waals surface area contributed by atoms with E-state index in [9.17, 15) is 15.2 Å². The summed E-state index contributed by atoms with van der Waals surface area (Å²) in [7, 11) is 0. The lowest BCUT2D eigenvalue weighted by Gasteiger charge is -2.25. The molecule has 1 aromatic heterocycles. The minimum atomic E-state index is -0.643. The minimum Gasteiger partial charge on any atom is -0.392 e. The van der Waals surface area contributed by atoms with Crippen molar-refractivity contribution in [1.82, 2.24) is 4.98 Å². The molecular weight excluding hydrogens is 256 g/mol. The molecule has 0 saturated carbocycles. The van der Waals surface area contributed by atoms with Crippen LogP contribution in [0.15, 0.2) is 30.5 Å². The van der Waals surface area contributed by atoms with Gasteiger partial charge in [0.05, 0.1) is 21.9 Å². The Kier molecular flexibility index (Phi) is 3.72. The van der Waals surface area contributed by atoms with Gasteiger partial charge < -0.3 is 5.11 Å². The minimum absolute atomic E-state index is 0.0406. The van der Waals surface area contributed by atoms with Crippen LogP contribution in [0.3, 0.4) is 0 Å². The van der Waals surface area contributed by atoms with Crippen molar-refractivity contribution in [3.8, 4) is 0 Å². The molecular formula is C15H18N2O3. The monoisotopic (exact) mass is 274 g/mol. The molecule has 20 heavy (non-hydrogen) atoms. The lowest BCUT2D eigenvalue weighted by Crippen LogP contribution is -2.28. The number of pyridine rings is 1. The Hall–Kier alpha value is -2.01. The van der Waals surface area contributed by atoms with E-state index in [-0.39, 0.29) is 17.5 Å². The van der Waals surface area contributed by atoms with Crippen molar-refractivity contribution in [3.05, 3.63) is 46.1 Å². The fraction of sp³-hybridized carbons (Fsp3) is 0.400. The molecule has 5 nitrogen and oxygen atoms in total. The molecule has 0 spiro atoms. The Bertz CT molecular complexity index is 647. The van der Waals surface area contributed by atoms with Gasteiger partial charge in [0.1, 0.15) is 0 Å². The lowest BCUT2D eigenvalue weighted by atomic mass is 9.85. The molecule has 0 aliphatic heterocycles. The van der Waals surface area contributed by atoms with Crippen molar-refractivity contribution in [2.75, 3.05) is 0 Å². The van der Waals surface area contributed by atoms with Crippen molar-refractivity contribution in [1.29, 1.82) is 0 Å². The first kappa shape index (κ1) is 14.4. The van der Waals surface area contributed by atoms with Crippen LogP contribution in [0.5, 0.6) is 0 Å². The van der Waals surface area contributed by atoms with Gasteiger partial charge in [0.15, 0.2) is 0 Å². The van der Waals surface area contributed by atoms with Crippen LogP contribution in [0.25, 0.3) is 10.9 Å². The summed E-state index contributed by atoms with van der Waals surface area (Å²) in [6, 6.07) is 6.81. The number of nitro groups is 1. The molecule has 1 unspecified atom stereocenters. The smallest absolute Gasteiger partial charge is 0.282 e. The average molecular weight is 274 g/mol. The zero-order valence-corrected chi connectivity index (χ0v) is 11.8.